The van der Waals surface area contributed by atoms with Crippen LogP contribution in [-0.2, 0) is 11.2 Å². The molecule has 4 N–H and O–H groups in total. The average molecular weight is 367 g/mol. The van der Waals surface area contributed by atoms with Gasteiger partial charge in [0.2, 0.25) is 0 Å². The quantitative estimate of drug-likeness (QED) is 0.653. The number of carboxylic acid groups (broad SMARTS) is 1. The number of hydrogen-bond acceptors (Lipinski definition) is 4. The minimum atomic E-state index is -1.78. The second kappa shape index (κ2) is 8.31. The topological polar surface area (TPSA) is 105 Å². The van der Waals surface area contributed by atoms with Crippen LogP contribution in [0.3, 0.4) is 0 Å². The van der Waals surface area contributed by atoms with Crippen molar-refractivity contribution in [2.45, 2.75) is 50.1 Å². The first-order valence-electron chi connectivity index (χ1n) is 9.33. The van der Waals surface area contributed by atoms with Crippen LogP contribution in [0.15, 0.2) is 48.7 Å². The van der Waals surface area contributed by atoms with Gasteiger partial charge in [0.25, 0.3) is 5.91 Å². The van der Waals surface area contributed by atoms with Gasteiger partial charge in [0.05, 0.1) is 0 Å². The molecular formula is C21H25N3O3. The van der Waals surface area contributed by atoms with Crippen molar-refractivity contribution in [2.24, 2.45) is 5.73 Å². The maximum absolute atomic E-state index is 12.3. The van der Waals surface area contributed by atoms with Crippen LogP contribution in [0.4, 0.5) is 0 Å². The molecule has 27 heavy (non-hydrogen) atoms. The Labute approximate surface area is 158 Å². The van der Waals surface area contributed by atoms with Gasteiger partial charge in [-0.25, -0.2) is 4.79 Å². The summed E-state index contributed by atoms with van der Waals surface area (Å²) in [4.78, 5) is 28.6. The van der Waals surface area contributed by atoms with E-state index in [0.29, 0.717) is 17.9 Å². The second-order valence-electron chi connectivity index (χ2n) is 7.13. The van der Waals surface area contributed by atoms with Gasteiger partial charge in [0.1, 0.15) is 0 Å². The molecule has 1 aliphatic carbocycles. The average Bonchev–Trinajstić information content (AvgIpc) is 2.68. The summed E-state index contributed by atoms with van der Waals surface area (Å²) in [6.45, 7) is 0. The van der Waals surface area contributed by atoms with E-state index >= 15 is 0 Å². The summed E-state index contributed by atoms with van der Waals surface area (Å²) >= 11 is 0. The highest BCUT2D eigenvalue weighted by atomic mass is 16.4. The Hall–Kier alpha value is -2.73. The largest absolute Gasteiger partial charge is 0.478 e. The predicted molar refractivity (Wildman–Crippen MR) is 102 cm³/mol. The van der Waals surface area contributed by atoms with Crippen LogP contribution in [0.5, 0.6) is 0 Å². The molecule has 6 heteroatoms. The maximum Gasteiger partial charge on any atom is 0.344 e. The molecule has 0 saturated heterocycles. The molecule has 142 valence electrons. The molecular weight excluding hydrogens is 342 g/mol. The number of nitrogens with zero attached hydrogens (tertiary/aromatic N) is 1. The Bertz CT molecular complexity index is 809. The number of benzene rings is 1. The van der Waals surface area contributed by atoms with E-state index in [1.54, 1.807) is 30.3 Å². The Balaban J connectivity index is 1.62. The van der Waals surface area contributed by atoms with E-state index in [2.05, 4.69) is 16.4 Å². The van der Waals surface area contributed by atoms with Gasteiger partial charge in [0, 0.05) is 23.4 Å². The summed E-state index contributed by atoms with van der Waals surface area (Å²) in [5, 5.41) is 12.1. The molecule has 2 unspecified atom stereocenters. The Morgan fingerprint density at radius 3 is 2.74 bits per heavy atom. The molecule has 6 nitrogen and oxygen atoms in total. The van der Waals surface area contributed by atoms with E-state index in [9.17, 15) is 14.7 Å². The fourth-order valence-corrected chi connectivity index (χ4v) is 3.70. The number of carbonyl (C=O) groups is 2. The third kappa shape index (κ3) is 4.52. The first kappa shape index (κ1) is 19.0. The minimum Gasteiger partial charge on any atom is -0.478 e. The lowest BCUT2D eigenvalue weighted by Crippen LogP contribution is -2.61. The Morgan fingerprint density at radius 2 is 2.00 bits per heavy atom. The third-order valence-electron chi connectivity index (χ3n) is 5.19. The highest BCUT2D eigenvalue weighted by Gasteiger charge is 2.36. The highest BCUT2D eigenvalue weighted by Crippen LogP contribution is 2.33. The summed E-state index contributed by atoms with van der Waals surface area (Å²) in [7, 11) is 0. The minimum absolute atomic E-state index is 0.166. The van der Waals surface area contributed by atoms with Crippen molar-refractivity contribution >= 4 is 11.9 Å². The summed E-state index contributed by atoms with van der Waals surface area (Å²) < 4.78 is 0. The molecule has 1 aliphatic rings. The van der Waals surface area contributed by atoms with E-state index in [1.165, 1.54) is 5.56 Å². The van der Waals surface area contributed by atoms with Gasteiger partial charge in [-0.05, 0) is 62.3 Å². The number of amides is 1. The first-order chi connectivity index (χ1) is 13.0. The van der Waals surface area contributed by atoms with E-state index < -0.39 is 17.5 Å². The Morgan fingerprint density at radius 1 is 1.22 bits per heavy atom. The van der Waals surface area contributed by atoms with Crippen LogP contribution in [-0.4, -0.2) is 27.6 Å². The SMILES string of the molecule is NC(CCCC1CCCc2cccnc21)(NC(=O)c1ccccc1)C(=O)O. The van der Waals surface area contributed by atoms with Crippen molar-refractivity contribution in [1.29, 1.82) is 0 Å². The number of fused-ring (bicyclic) bond motifs is 1. The van der Waals surface area contributed by atoms with Gasteiger partial charge in [-0.1, -0.05) is 24.3 Å². The van der Waals surface area contributed by atoms with Crippen LogP contribution in [0.2, 0.25) is 0 Å². The Kier molecular flexibility index (Phi) is 5.86. The van der Waals surface area contributed by atoms with Gasteiger partial charge in [-0.2, -0.15) is 0 Å². The molecule has 0 fully saturated rings. The van der Waals surface area contributed by atoms with E-state index in [4.69, 9.17) is 5.73 Å². The maximum atomic E-state index is 12.3. The zero-order chi connectivity index (χ0) is 19.3. The van der Waals surface area contributed by atoms with Gasteiger partial charge in [0.15, 0.2) is 5.66 Å². The van der Waals surface area contributed by atoms with Crippen LogP contribution in [0, 0.1) is 0 Å². The fraction of sp³-hybridized carbons (Fsp3) is 0.381. The molecule has 0 saturated carbocycles. The number of hydrogen-bond donors (Lipinski definition) is 3. The van der Waals surface area contributed by atoms with Crippen molar-refractivity contribution in [2.75, 3.05) is 0 Å². The number of nitrogens with one attached hydrogen (secondary N) is 1. The van der Waals surface area contributed by atoms with Crippen LogP contribution in [0.1, 0.15) is 59.6 Å². The summed E-state index contributed by atoms with van der Waals surface area (Å²) in [6, 6.07) is 12.6. The second-order valence-corrected chi connectivity index (χ2v) is 7.13. The number of aromatic nitrogens is 1. The highest BCUT2D eigenvalue weighted by molar-refractivity contribution is 5.97. The molecule has 0 spiro atoms. The smallest absolute Gasteiger partial charge is 0.344 e. The molecule has 0 bridgehead atoms. The van der Waals surface area contributed by atoms with Crippen molar-refractivity contribution < 1.29 is 14.7 Å². The van der Waals surface area contributed by atoms with Crippen molar-refractivity contribution in [3.05, 3.63) is 65.5 Å². The van der Waals surface area contributed by atoms with Crippen LogP contribution < -0.4 is 11.1 Å². The molecule has 0 radical (unpaired) electrons. The summed E-state index contributed by atoms with van der Waals surface area (Å²) in [6.07, 6.45) is 6.58. The number of carboxylic acids is 1. The van der Waals surface area contributed by atoms with Gasteiger partial charge in [-0.15, -0.1) is 0 Å². The van der Waals surface area contributed by atoms with Crippen molar-refractivity contribution in [3.8, 4) is 0 Å². The standard InChI is InChI=1S/C21H25N3O3/c22-21(20(26)27,24-19(25)17-7-2-1-3-8-17)13-5-11-15-9-4-10-16-12-6-14-23-18(15)16/h1-3,6-8,12,14-15H,4-5,9-11,13,22H2,(H,24,25)(H,26,27). The number of nitrogens with two attached hydrogens (primary N) is 1. The van der Waals surface area contributed by atoms with E-state index in [0.717, 1.165) is 31.4 Å². The van der Waals surface area contributed by atoms with E-state index in [1.807, 2.05) is 12.3 Å². The van der Waals surface area contributed by atoms with Crippen molar-refractivity contribution in [3.63, 3.8) is 0 Å². The lowest BCUT2D eigenvalue weighted by molar-refractivity contribution is -0.144. The fourth-order valence-electron chi connectivity index (χ4n) is 3.70. The predicted octanol–water partition coefficient (Wildman–Crippen LogP) is 2.84. The lowest BCUT2D eigenvalue weighted by Gasteiger charge is -2.28. The van der Waals surface area contributed by atoms with E-state index in [-0.39, 0.29) is 6.42 Å². The number of pyridine rings is 1. The molecule has 1 aromatic heterocycles. The number of aliphatic carboxylic acids is 1. The molecule has 0 aliphatic heterocycles. The molecule has 1 aromatic carbocycles. The van der Waals surface area contributed by atoms with Gasteiger partial charge >= 0.3 is 5.97 Å². The summed E-state index contributed by atoms with van der Waals surface area (Å²) in [5.41, 5.74) is 7.05. The third-order valence-corrected chi connectivity index (χ3v) is 5.19. The van der Waals surface area contributed by atoms with Crippen molar-refractivity contribution in [1.82, 2.24) is 10.3 Å². The first-order valence-corrected chi connectivity index (χ1v) is 9.33. The zero-order valence-corrected chi connectivity index (χ0v) is 15.2. The van der Waals surface area contributed by atoms with Gasteiger partial charge < -0.3 is 10.4 Å². The molecule has 2 atom stereocenters. The summed E-state index contributed by atoms with van der Waals surface area (Å²) in [5.74, 6) is -1.39. The molecule has 1 heterocycles. The van der Waals surface area contributed by atoms with Gasteiger partial charge in [-0.3, -0.25) is 15.5 Å². The number of aryl methyl sites for hydroxylation is 1. The molecule has 3 rings (SSSR count). The normalized spacial score (nSPS) is 18.2. The zero-order valence-electron chi connectivity index (χ0n) is 15.2. The van der Waals surface area contributed by atoms with Crippen LogP contribution >= 0.6 is 0 Å². The number of rotatable bonds is 7. The molecule has 2 aromatic rings. The molecule has 1 amide bonds. The monoisotopic (exact) mass is 367 g/mol. The van der Waals surface area contributed by atoms with Crippen LogP contribution in [0.25, 0.3) is 0 Å². The lowest BCUT2D eigenvalue weighted by atomic mass is 9.83. The number of carbonyl (C=O) groups excluding carboxylic acids is 1.